The predicted octanol–water partition coefficient (Wildman–Crippen LogP) is 5.10. The molecule has 2 N–H and O–H groups in total. The van der Waals surface area contributed by atoms with Gasteiger partial charge in [-0.1, -0.05) is 12.0 Å². The molecule has 4 atom stereocenters. The summed E-state index contributed by atoms with van der Waals surface area (Å²) < 4.78 is 52.7. The van der Waals surface area contributed by atoms with Crippen LogP contribution in [0.3, 0.4) is 0 Å². The number of hydrogen-bond acceptors (Lipinski definition) is 8. The second kappa shape index (κ2) is 9.93. The second-order valence-corrected chi connectivity index (χ2v) is 14.1. The number of benzene rings is 2. The molecule has 4 saturated heterocycles. The number of anilines is 1. The topological polar surface area (TPSA) is 86.6 Å². The Morgan fingerprint density at radius 2 is 1.91 bits per heavy atom. The number of terminal acetylenes is 1. The van der Waals surface area contributed by atoms with E-state index in [2.05, 4.69) is 31.0 Å². The number of pyridine rings is 1. The third-order valence-electron chi connectivity index (χ3n) is 11.0. The van der Waals surface area contributed by atoms with Crippen LogP contribution < -0.4 is 15.0 Å². The average molecular weight is 627 g/mol. The molecule has 1 spiro atoms. The van der Waals surface area contributed by atoms with Gasteiger partial charge in [0, 0.05) is 61.8 Å². The van der Waals surface area contributed by atoms with Crippen molar-refractivity contribution in [3.8, 4) is 35.4 Å². The molecule has 0 radical (unpaired) electrons. The molecule has 1 aliphatic carbocycles. The smallest absolute Gasteiger partial charge is 0.319 e. The minimum Gasteiger partial charge on any atom is -0.508 e. The lowest BCUT2D eigenvalue weighted by atomic mass is 9.89. The Morgan fingerprint density at radius 3 is 2.67 bits per heavy atom. The first-order valence-electron chi connectivity index (χ1n) is 16.0. The van der Waals surface area contributed by atoms with Gasteiger partial charge in [0.05, 0.1) is 16.5 Å². The van der Waals surface area contributed by atoms with Gasteiger partial charge in [0.15, 0.2) is 5.82 Å². The van der Waals surface area contributed by atoms with E-state index >= 15 is 4.39 Å². The zero-order valence-electron chi connectivity index (χ0n) is 25.2. The molecule has 11 heteroatoms. The highest BCUT2D eigenvalue weighted by atomic mass is 19.1. The zero-order valence-corrected chi connectivity index (χ0v) is 25.2. The lowest BCUT2D eigenvalue weighted by Gasteiger charge is -2.34. The van der Waals surface area contributed by atoms with E-state index in [9.17, 15) is 13.9 Å². The zero-order chi connectivity index (χ0) is 31.4. The highest BCUT2D eigenvalue weighted by Crippen LogP contribution is 2.60. The van der Waals surface area contributed by atoms with Gasteiger partial charge in [-0.2, -0.15) is 9.97 Å². The van der Waals surface area contributed by atoms with Crippen molar-refractivity contribution < 1.29 is 23.0 Å². The Morgan fingerprint density at radius 1 is 1.11 bits per heavy atom. The van der Waals surface area contributed by atoms with E-state index < -0.39 is 23.3 Å². The van der Waals surface area contributed by atoms with Gasteiger partial charge in [0.2, 0.25) is 0 Å². The van der Waals surface area contributed by atoms with Crippen molar-refractivity contribution >= 4 is 27.5 Å². The molecule has 1 saturated carbocycles. The number of fused-ring (bicyclic) bond motifs is 5. The van der Waals surface area contributed by atoms with Gasteiger partial charge in [-0.05, 0) is 61.1 Å². The summed E-state index contributed by atoms with van der Waals surface area (Å²) in [6, 6.07) is 6.10. The number of aromatic nitrogens is 3. The summed E-state index contributed by atoms with van der Waals surface area (Å²) in [5.41, 5.74) is -0.194. The van der Waals surface area contributed by atoms with E-state index in [1.165, 1.54) is 30.5 Å². The molecule has 2 aromatic heterocycles. The van der Waals surface area contributed by atoms with Gasteiger partial charge in [0.1, 0.15) is 41.4 Å². The molecular formula is C35H33F3N6O2. The van der Waals surface area contributed by atoms with Crippen molar-refractivity contribution in [2.75, 3.05) is 37.7 Å². The van der Waals surface area contributed by atoms with Gasteiger partial charge in [-0.3, -0.25) is 9.88 Å². The van der Waals surface area contributed by atoms with E-state index in [4.69, 9.17) is 16.1 Å². The quantitative estimate of drug-likeness (QED) is 0.296. The molecule has 0 unspecified atom stereocenters. The van der Waals surface area contributed by atoms with E-state index in [-0.39, 0.29) is 51.5 Å². The van der Waals surface area contributed by atoms with Gasteiger partial charge in [-0.25, -0.2) is 13.2 Å². The molecular weight excluding hydrogens is 593 g/mol. The van der Waals surface area contributed by atoms with Crippen molar-refractivity contribution in [3.05, 3.63) is 47.7 Å². The number of nitrogens with zero attached hydrogens (tertiary/aromatic N) is 5. The molecule has 5 fully saturated rings. The van der Waals surface area contributed by atoms with Crippen LogP contribution in [0, 0.1) is 29.4 Å². The summed E-state index contributed by atoms with van der Waals surface area (Å²) in [5, 5.41) is 15.3. The summed E-state index contributed by atoms with van der Waals surface area (Å²) in [6.07, 6.45) is 12.0. The van der Waals surface area contributed by atoms with E-state index in [1.54, 1.807) is 0 Å². The van der Waals surface area contributed by atoms with Crippen LogP contribution in [0.15, 0.2) is 30.5 Å². The third kappa shape index (κ3) is 4.33. The lowest BCUT2D eigenvalue weighted by Crippen LogP contribution is -2.51. The minimum atomic E-state index is -0.912. The van der Waals surface area contributed by atoms with Crippen LogP contribution in [0.5, 0.6) is 11.8 Å². The molecule has 9 rings (SSSR count). The average Bonchev–Trinajstić information content (AvgIpc) is 3.48. The predicted molar refractivity (Wildman–Crippen MR) is 168 cm³/mol. The number of nitrogens with one attached hydrogen (secondary N) is 1. The van der Waals surface area contributed by atoms with Gasteiger partial charge in [0.25, 0.3) is 0 Å². The number of hydrogen-bond donors (Lipinski definition) is 2. The summed E-state index contributed by atoms with van der Waals surface area (Å²) in [6.45, 7) is 2.88. The first kappa shape index (κ1) is 28.1. The maximum absolute atomic E-state index is 16.8. The molecule has 236 valence electrons. The maximum Gasteiger partial charge on any atom is 0.319 e. The molecule has 0 amide bonds. The Labute approximate surface area is 264 Å². The third-order valence-corrected chi connectivity index (χ3v) is 11.0. The minimum absolute atomic E-state index is 0.000245. The van der Waals surface area contributed by atoms with Crippen molar-refractivity contribution in [2.24, 2.45) is 5.41 Å². The molecule has 5 aliphatic rings. The lowest BCUT2D eigenvalue weighted by molar-refractivity contribution is 0.107. The monoisotopic (exact) mass is 626 g/mol. The maximum atomic E-state index is 16.8. The standard InChI is InChI=1S/C35H33F3N6O2/c1-2-24-27(37)6-3-19-9-23(45)10-25(28(19)24)30-29(38)31-26(12-39-30)32(43-14-21-4-5-22(15-43)40-21)42-33(41-31)46-18-35-11-20(36)13-44(35)17-34(16-35)7-8-34/h1,3,6,9-10,12,20-22,40,45H,4-5,7-8,11,13-18H2/t20-,21-,22+,35+/m1/s1. The number of halogens is 3. The summed E-state index contributed by atoms with van der Waals surface area (Å²) >= 11 is 0. The number of alkyl halides is 1. The summed E-state index contributed by atoms with van der Waals surface area (Å²) in [5.74, 6) is 1.38. The van der Waals surface area contributed by atoms with Crippen LogP contribution >= 0.6 is 0 Å². The molecule has 4 aliphatic heterocycles. The van der Waals surface area contributed by atoms with Crippen molar-refractivity contribution in [3.63, 3.8) is 0 Å². The number of ether oxygens (including phenoxy) is 1. The van der Waals surface area contributed by atoms with E-state index in [1.807, 2.05) is 0 Å². The number of phenolic OH excluding ortho intramolecular Hbond substituents is 1. The summed E-state index contributed by atoms with van der Waals surface area (Å²) in [4.78, 5) is 18.3. The Kier molecular flexibility index (Phi) is 6.07. The van der Waals surface area contributed by atoms with Crippen molar-refractivity contribution in [1.29, 1.82) is 0 Å². The Hall–Kier alpha value is -4.14. The fourth-order valence-corrected chi connectivity index (χ4v) is 8.76. The Balaban J connectivity index is 1.18. The number of phenols is 1. The van der Waals surface area contributed by atoms with Crippen LogP contribution in [-0.4, -0.2) is 81.5 Å². The fraction of sp³-hybridized carbons (Fsp3) is 0.457. The van der Waals surface area contributed by atoms with Crippen LogP contribution in [0.2, 0.25) is 0 Å². The first-order chi connectivity index (χ1) is 22.2. The van der Waals surface area contributed by atoms with E-state index in [0.29, 0.717) is 54.7 Å². The first-order valence-corrected chi connectivity index (χ1v) is 16.0. The van der Waals surface area contributed by atoms with Crippen LogP contribution in [0.4, 0.5) is 19.0 Å². The number of aromatic hydroxyl groups is 1. The molecule has 4 aromatic rings. The van der Waals surface area contributed by atoms with Gasteiger partial charge in [-0.15, -0.1) is 6.42 Å². The number of rotatable bonds is 5. The van der Waals surface area contributed by atoms with Crippen LogP contribution in [0.25, 0.3) is 32.9 Å². The van der Waals surface area contributed by atoms with Crippen molar-refractivity contribution in [1.82, 2.24) is 25.2 Å². The van der Waals surface area contributed by atoms with Crippen LogP contribution in [0.1, 0.15) is 44.1 Å². The highest BCUT2D eigenvalue weighted by Gasteiger charge is 2.62. The largest absolute Gasteiger partial charge is 0.508 e. The fourth-order valence-electron chi connectivity index (χ4n) is 8.76. The molecule has 2 aromatic carbocycles. The highest BCUT2D eigenvalue weighted by molar-refractivity contribution is 6.03. The normalized spacial score (nSPS) is 27.9. The molecule has 46 heavy (non-hydrogen) atoms. The molecule has 8 nitrogen and oxygen atoms in total. The second-order valence-electron chi connectivity index (χ2n) is 14.1. The van der Waals surface area contributed by atoms with E-state index in [0.717, 1.165) is 38.6 Å². The van der Waals surface area contributed by atoms with Crippen LogP contribution in [-0.2, 0) is 0 Å². The SMILES string of the molecule is C#Cc1c(F)ccc2cc(O)cc(-c3ncc4c(N5C[C@H]6CC[C@@H](C5)N6)nc(OC[C@@]56C[C@@H](F)CN5CC5(CC5)C6)nc4c3F)c12. The molecule has 2 bridgehead atoms. The number of piperazine rings is 1. The van der Waals surface area contributed by atoms with Gasteiger partial charge < -0.3 is 20.1 Å². The van der Waals surface area contributed by atoms with Gasteiger partial charge >= 0.3 is 6.01 Å². The Bertz CT molecular complexity index is 1970. The molecule has 6 heterocycles. The van der Waals surface area contributed by atoms with Crippen molar-refractivity contribution in [2.45, 2.75) is 62.3 Å². The summed E-state index contributed by atoms with van der Waals surface area (Å²) in [7, 11) is 0.